The van der Waals surface area contributed by atoms with Crippen molar-refractivity contribution in [3.05, 3.63) is 0 Å². The quantitative estimate of drug-likeness (QED) is 0.0892. The van der Waals surface area contributed by atoms with E-state index in [9.17, 15) is 5.21 Å². The summed E-state index contributed by atoms with van der Waals surface area (Å²) in [7, 11) is 3.74. The van der Waals surface area contributed by atoms with Gasteiger partial charge < -0.3 is 0 Å². The van der Waals surface area contributed by atoms with Crippen molar-refractivity contribution in [1.82, 2.24) is 5.32 Å². The Kier molecular flexibility index (Phi) is 17.6. The summed E-state index contributed by atoms with van der Waals surface area (Å²) in [5.74, 6) is 0. The Balaban J connectivity index is 3.38. The standard InChI is InChI=1S/C25H55N2O/c1-6-8-9-10-11-12-13-14-15-16-17-18-19-20-21-22-24-26-25(3,23-7-2)27(4,5)28/h26,28H,6-24H2,1-5H3/q+1. The Hall–Kier alpha value is -0.120. The highest BCUT2D eigenvalue weighted by atomic mass is 16.5. The average molecular weight is 400 g/mol. The molecule has 0 amide bonds. The third kappa shape index (κ3) is 14.8. The topological polar surface area (TPSA) is 32.3 Å². The molecular weight excluding hydrogens is 344 g/mol. The van der Waals surface area contributed by atoms with Crippen LogP contribution in [-0.4, -0.2) is 36.2 Å². The summed E-state index contributed by atoms with van der Waals surface area (Å²) >= 11 is 0. The zero-order valence-electron chi connectivity index (χ0n) is 20.3. The Morgan fingerprint density at radius 2 is 0.964 bits per heavy atom. The van der Waals surface area contributed by atoms with E-state index in [-0.39, 0.29) is 10.3 Å². The second-order valence-electron chi connectivity index (χ2n) is 9.65. The fourth-order valence-electron chi connectivity index (χ4n) is 4.07. The molecular formula is C25H55N2O+. The zero-order valence-corrected chi connectivity index (χ0v) is 20.3. The van der Waals surface area contributed by atoms with Crippen LogP contribution < -0.4 is 5.32 Å². The van der Waals surface area contributed by atoms with E-state index in [0.29, 0.717) is 0 Å². The van der Waals surface area contributed by atoms with Crippen LogP contribution in [0, 0.1) is 0 Å². The van der Waals surface area contributed by atoms with Crippen LogP contribution in [0.4, 0.5) is 0 Å². The molecule has 0 aliphatic carbocycles. The van der Waals surface area contributed by atoms with Crippen molar-refractivity contribution in [3.63, 3.8) is 0 Å². The van der Waals surface area contributed by atoms with Gasteiger partial charge in [-0.2, -0.15) is 4.65 Å². The van der Waals surface area contributed by atoms with Crippen LogP contribution in [0.1, 0.15) is 136 Å². The molecule has 0 aromatic heterocycles. The van der Waals surface area contributed by atoms with Gasteiger partial charge in [0.1, 0.15) is 0 Å². The first-order chi connectivity index (χ1) is 13.4. The summed E-state index contributed by atoms with van der Waals surface area (Å²) in [5.41, 5.74) is -0.232. The summed E-state index contributed by atoms with van der Waals surface area (Å²) in [5, 5.41) is 14.0. The summed E-state index contributed by atoms with van der Waals surface area (Å²) in [4.78, 5) is 0. The molecule has 3 nitrogen and oxygen atoms in total. The van der Waals surface area contributed by atoms with E-state index in [1.165, 1.54) is 103 Å². The summed E-state index contributed by atoms with van der Waals surface area (Å²) in [6.07, 6.45) is 24.6. The molecule has 0 saturated carbocycles. The molecule has 0 fully saturated rings. The van der Waals surface area contributed by atoms with Crippen LogP contribution in [0.15, 0.2) is 0 Å². The van der Waals surface area contributed by atoms with E-state index in [4.69, 9.17) is 0 Å². The SMILES string of the molecule is CCCCCCCCCCCCCCCCCCNC(C)(CCC)[N+](C)(C)O. The van der Waals surface area contributed by atoms with Crippen molar-refractivity contribution in [1.29, 1.82) is 0 Å². The van der Waals surface area contributed by atoms with E-state index >= 15 is 0 Å². The van der Waals surface area contributed by atoms with Crippen molar-refractivity contribution in [2.45, 2.75) is 142 Å². The van der Waals surface area contributed by atoms with Crippen molar-refractivity contribution in [3.8, 4) is 0 Å². The van der Waals surface area contributed by atoms with Gasteiger partial charge in [-0.25, -0.2) is 5.21 Å². The number of rotatable bonds is 21. The first kappa shape index (κ1) is 27.9. The molecule has 2 N–H and O–H groups in total. The van der Waals surface area contributed by atoms with Crippen LogP contribution >= 0.6 is 0 Å². The lowest BCUT2D eigenvalue weighted by Crippen LogP contribution is -2.64. The van der Waals surface area contributed by atoms with Gasteiger partial charge in [0.2, 0.25) is 0 Å². The van der Waals surface area contributed by atoms with Crippen LogP contribution in [0.25, 0.3) is 0 Å². The van der Waals surface area contributed by atoms with Gasteiger partial charge in [-0.15, -0.1) is 0 Å². The Morgan fingerprint density at radius 3 is 1.29 bits per heavy atom. The number of hydrogen-bond acceptors (Lipinski definition) is 2. The highest BCUT2D eigenvalue weighted by molar-refractivity contribution is 4.70. The normalized spacial score (nSPS) is 14.4. The minimum absolute atomic E-state index is 0.000300. The molecule has 170 valence electrons. The smallest absolute Gasteiger partial charge is 0.179 e. The zero-order chi connectivity index (χ0) is 21.1. The fourth-order valence-corrected chi connectivity index (χ4v) is 4.07. The Bertz CT molecular complexity index is 327. The molecule has 0 aromatic carbocycles. The lowest BCUT2D eigenvalue weighted by Gasteiger charge is -2.40. The molecule has 1 atom stereocenters. The van der Waals surface area contributed by atoms with E-state index in [0.717, 1.165) is 19.4 Å². The lowest BCUT2D eigenvalue weighted by molar-refractivity contribution is -1.11. The van der Waals surface area contributed by atoms with Gasteiger partial charge in [0, 0.05) is 19.9 Å². The number of nitrogens with zero attached hydrogens (tertiary/aromatic N) is 1. The van der Waals surface area contributed by atoms with Gasteiger partial charge >= 0.3 is 0 Å². The minimum Gasteiger partial charge on any atom is -0.263 e. The number of nitrogens with one attached hydrogen (secondary N) is 1. The van der Waals surface area contributed by atoms with Gasteiger partial charge in [-0.3, -0.25) is 5.32 Å². The van der Waals surface area contributed by atoms with Gasteiger partial charge in [0.15, 0.2) is 5.66 Å². The van der Waals surface area contributed by atoms with Gasteiger partial charge in [0.25, 0.3) is 0 Å². The summed E-state index contributed by atoms with van der Waals surface area (Å²) in [6, 6.07) is 0. The third-order valence-corrected chi connectivity index (χ3v) is 6.48. The third-order valence-electron chi connectivity index (χ3n) is 6.48. The predicted octanol–water partition coefficient (Wildman–Crippen LogP) is 7.82. The van der Waals surface area contributed by atoms with Crippen LogP contribution in [0.3, 0.4) is 0 Å². The molecule has 3 heteroatoms. The molecule has 0 heterocycles. The maximum atomic E-state index is 10.4. The van der Waals surface area contributed by atoms with E-state index in [1.54, 1.807) is 0 Å². The van der Waals surface area contributed by atoms with E-state index in [1.807, 2.05) is 14.1 Å². The molecule has 0 saturated heterocycles. The summed E-state index contributed by atoms with van der Waals surface area (Å²) in [6.45, 7) is 7.63. The van der Waals surface area contributed by atoms with Gasteiger partial charge in [-0.05, 0) is 12.8 Å². The van der Waals surface area contributed by atoms with E-state index in [2.05, 4.69) is 26.1 Å². The van der Waals surface area contributed by atoms with Gasteiger partial charge in [0.05, 0.1) is 14.1 Å². The van der Waals surface area contributed by atoms with Crippen molar-refractivity contribution in [2.75, 3.05) is 20.6 Å². The lowest BCUT2D eigenvalue weighted by atomic mass is 10.0. The van der Waals surface area contributed by atoms with Crippen molar-refractivity contribution < 1.29 is 9.85 Å². The molecule has 0 bridgehead atoms. The van der Waals surface area contributed by atoms with Crippen molar-refractivity contribution in [2.24, 2.45) is 0 Å². The second-order valence-corrected chi connectivity index (χ2v) is 9.65. The first-order valence-electron chi connectivity index (χ1n) is 12.7. The average Bonchev–Trinajstić information content (AvgIpc) is 2.63. The van der Waals surface area contributed by atoms with Crippen LogP contribution in [0.5, 0.6) is 0 Å². The molecule has 0 aromatic rings. The fraction of sp³-hybridized carbons (Fsp3) is 1.00. The Labute approximate surface area is 178 Å². The molecule has 1 unspecified atom stereocenters. The maximum absolute atomic E-state index is 10.4. The molecule has 0 rings (SSSR count). The summed E-state index contributed by atoms with van der Waals surface area (Å²) < 4.78 is -0.000300. The molecule has 0 aliphatic rings. The number of hydroxylamine groups is 3. The molecule has 0 radical (unpaired) electrons. The molecule has 0 aliphatic heterocycles. The molecule has 0 spiro atoms. The van der Waals surface area contributed by atoms with Gasteiger partial charge in [-0.1, -0.05) is 110 Å². The largest absolute Gasteiger partial charge is 0.263 e. The Morgan fingerprint density at radius 1 is 0.607 bits per heavy atom. The highest BCUT2D eigenvalue weighted by Crippen LogP contribution is 2.21. The minimum atomic E-state index is -0.232. The first-order valence-corrected chi connectivity index (χ1v) is 12.7. The maximum Gasteiger partial charge on any atom is 0.179 e. The number of unbranched alkanes of at least 4 members (excludes halogenated alkanes) is 15. The second kappa shape index (κ2) is 17.7. The van der Waals surface area contributed by atoms with Crippen molar-refractivity contribution >= 4 is 0 Å². The molecule has 28 heavy (non-hydrogen) atoms. The van der Waals surface area contributed by atoms with E-state index < -0.39 is 0 Å². The highest BCUT2D eigenvalue weighted by Gasteiger charge is 2.39. The number of hydrogen-bond donors (Lipinski definition) is 2. The van der Waals surface area contributed by atoms with Crippen LogP contribution in [-0.2, 0) is 0 Å². The monoisotopic (exact) mass is 399 g/mol. The number of quaternary nitrogens is 1. The predicted molar refractivity (Wildman–Crippen MR) is 125 cm³/mol. The van der Waals surface area contributed by atoms with Crippen LogP contribution in [0.2, 0.25) is 0 Å².